The lowest BCUT2D eigenvalue weighted by molar-refractivity contribution is 0.0907. The molecule has 0 radical (unpaired) electrons. The molecule has 1 aliphatic rings. The molecule has 15 heavy (non-hydrogen) atoms. The molecule has 6 heteroatoms. The maximum Gasteiger partial charge on any atom is 0.213 e. The standard InChI is InChI=1S/C9H15N5O/c1-13-9(11-7-12-13)8(15)6-14-4-2-10-3-5-14/h7,10H,2-6H2,1H3. The number of carbonyl (C=O) groups is 1. The van der Waals surface area contributed by atoms with Crippen molar-refractivity contribution in [2.24, 2.45) is 7.05 Å². The molecular formula is C9H15N5O. The van der Waals surface area contributed by atoms with E-state index in [0.717, 1.165) is 26.2 Å². The van der Waals surface area contributed by atoms with Crippen LogP contribution >= 0.6 is 0 Å². The molecule has 0 bridgehead atoms. The van der Waals surface area contributed by atoms with E-state index in [9.17, 15) is 4.79 Å². The van der Waals surface area contributed by atoms with E-state index in [1.807, 2.05) is 0 Å². The molecule has 1 aromatic heterocycles. The number of aryl methyl sites for hydroxylation is 1. The highest BCUT2D eigenvalue weighted by atomic mass is 16.1. The molecule has 0 unspecified atom stereocenters. The van der Waals surface area contributed by atoms with Gasteiger partial charge in [0.1, 0.15) is 6.33 Å². The van der Waals surface area contributed by atoms with Gasteiger partial charge in [0.2, 0.25) is 5.78 Å². The first-order valence-corrected chi connectivity index (χ1v) is 5.07. The average Bonchev–Trinajstić information content (AvgIpc) is 2.66. The van der Waals surface area contributed by atoms with Crippen molar-refractivity contribution >= 4 is 5.78 Å². The number of hydrogen-bond donors (Lipinski definition) is 1. The summed E-state index contributed by atoms with van der Waals surface area (Å²) in [6.07, 6.45) is 1.41. The topological polar surface area (TPSA) is 63.1 Å². The van der Waals surface area contributed by atoms with Crippen LogP contribution in [-0.4, -0.2) is 58.2 Å². The highest BCUT2D eigenvalue weighted by Gasteiger charge is 2.17. The minimum Gasteiger partial charge on any atom is -0.314 e. The highest BCUT2D eigenvalue weighted by molar-refractivity contribution is 5.94. The Bertz CT molecular complexity index is 342. The zero-order chi connectivity index (χ0) is 10.7. The van der Waals surface area contributed by atoms with E-state index in [1.165, 1.54) is 11.0 Å². The molecule has 2 heterocycles. The summed E-state index contributed by atoms with van der Waals surface area (Å²) in [5.41, 5.74) is 0. The van der Waals surface area contributed by atoms with Crippen LogP contribution in [0.2, 0.25) is 0 Å². The van der Waals surface area contributed by atoms with Crippen LogP contribution in [-0.2, 0) is 7.05 Å². The molecule has 2 rings (SSSR count). The number of piperazine rings is 1. The number of carbonyl (C=O) groups excluding carboxylic acids is 1. The lowest BCUT2D eigenvalue weighted by Gasteiger charge is -2.26. The largest absolute Gasteiger partial charge is 0.314 e. The second-order valence-electron chi connectivity index (χ2n) is 3.66. The third-order valence-electron chi connectivity index (χ3n) is 2.54. The monoisotopic (exact) mass is 209 g/mol. The van der Waals surface area contributed by atoms with Gasteiger partial charge in [0.05, 0.1) is 6.54 Å². The summed E-state index contributed by atoms with van der Waals surface area (Å²) in [7, 11) is 1.73. The second-order valence-corrected chi connectivity index (χ2v) is 3.66. The van der Waals surface area contributed by atoms with Crippen molar-refractivity contribution in [3.63, 3.8) is 0 Å². The molecule has 0 aliphatic carbocycles. The third kappa shape index (κ3) is 2.40. The minimum absolute atomic E-state index is 0.0388. The summed E-state index contributed by atoms with van der Waals surface area (Å²) in [6.45, 7) is 4.18. The molecule has 6 nitrogen and oxygen atoms in total. The molecule has 0 aromatic carbocycles. The first-order chi connectivity index (χ1) is 7.27. The average molecular weight is 209 g/mol. The Kier molecular flexibility index (Phi) is 3.08. The van der Waals surface area contributed by atoms with Gasteiger partial charge in [0, 0.05) is 33.2 Å². The van der Waals surface area contributed by atoms with Crippen molar-refractivity contribution in [2.75, 3.05) is 32.7 Å². The summed E-state index contributed by atoms with van der Waals surface area (Å²) in [6, 6.07) is 0. The summed E-state index contributed by atoms with van der Waals surface area (Å²) in [4.78, 5) is 17.9. The molecule has 1 aliphatic heterocycles. The Morgan fingerprint density at radius 3 is 2.87 bits per heavy atom. The normalized spacial score (nSPS) is 17.9. The Morgan fingerprint density at radius 2 is 2.27 bits per heavy atom. The molecule has 1 fully saturated rings. The summed E-state index contributed by atoms with van der Waals surface area (Å²) >= 11 is 0. The Balaban J connectivity index is 1.94. The van der Waals surface area contributed by atoms with Crippen molar-refractivity contribution in [3.8, 4) is 0 Å². The predicted octanol–water partition coefficient (Wildman–Crippen LogP) is -1.10. The lowest BCUT2D eigenvalue weighted by Crippen LogP contribution is -2.45. The van der Waals surface area contributed by atoms with Gasteiger partial charge in [0.15, 0.2) is 5.82 Å². The number of nitrogens with one attached hydrogen (secondary N) is 1. The Hall–Kier alpha value is -1.27. The van der Waals surface area contributed by atoms with Gasteiger partial charge < -0.3 is 5.32 Å². The van der Waals surface area contributed by atoms with Gasteiger partial charge in [-0.3, -0.25) is 9.69 Å². The zero-order valence-corrected chi connectivity index (χ0v) is 8.81. The fourth-order valence-corrected chi connectivity index (χ4v) is 1.69. The third-order valence-corrected chi connectivity index (χ3v) is 2.54. The molecule has 0 spiro atoms. The van der Waals surface area contributed by atoms with E-state index in [1.54, 1.807) is 7.05 Å². The van der Waals surface area contributed by atoms with Gasteiger partial charge in [-0.1, -0.05) is 0 Å². The van der Waals surface area contributed by atoms with Crippen LogP contribution < -0.4 is 5.32 Å². The number of ketones is 1. The van der Waals surface area contributed by atoms with Crippen LogP contribution in [0.25, 0.3) is 0 Å². The van der Waals surface area contributed by atoms with Crippen molar-refractivity contribution in [1.82, 2.24) is 25.0 Å². The Labute approximate surface area is 88.3 Å². The predicted molar refractivity (Wildman–Crippen MR) is 54.6 cm³/mol. The van der Waals surface area contributed by atoms with Crippen molar-refractivity contribution in [2.45, 2.75) is 0 Å². The minimum atomic E-state index is 0.0388. The SMILES string of the molecule is Cn1ncnc1C(=O)CN1CCNCC1. The van der Waals surface area contributed by atoms with E-state index >= 15 is 0 Å². The molecule has 0 saturated carbocycles. The highest BCUT2D eigenvalue weighted by Crippen LogP contribution is 1.98. The van der Waals surface area contributed by atoms with Gasteiger partial charge in [-0.25, -0.2) is 9.67 Å². The van der Waals surface area contributed by atoms with E-state index in [0.29, 0.717) is 12.4 Å². The zero-order valence-electron chi connectivity index (χ0n) is 8.81. The van der Waals surface area contributed by atoms with E-state index < -0.39 is 0 Å². The molecule has 0 atom stereocenters. The van der Waals surface area contributed by atoms with E-state index in [-0.39, 0.29) is 5.78 Å². The number of hydrogen-bond acceptors (Lipinski definition) is 5. The van der Waals surface area contributed by atoms with Crippen LogP contribution in [0, 0.1) is 0 Å². The van der Waals surface area contributed by atoms with Crippen molar-refractivity contribution < 1.29 is 4.79 Å². The van der Waals surface area contributed by atoms with Crippen LogP contribution in [0.3, 0.4) is 0 Å². The van der Waals surface area contributed by atoms with E-state index in [2.05, 4.69) is 20.3 Å². The van der Waals surface area contributed by atoms with Crippen LogP contribution in [0.1, 0.15) is 10.6 Å². The second kappa shape index (κ2) is 4.50. The molecule has 1 saturated heterocycles. The maximum atomic E-state index is 11.8. The quantitative estimate of drug-likeness (QED) is 0.640. The van der Waals surface area contributed by atoms with Crippen LogP contribution in [0.15, 0.2) is 6.33 Å². The molecule has 1 aromatic rings. The summed E-state index contributed by atoms with van der Waals surface area (Å²) in [5, 5.41) is 7.13. The van der Waals surface area contributed by atoms with Gasteiger partial charge in [-0.2, -0.15) is 5.10 Å². The number of aromatic nitrogens is 3. The van der Waals surface area contributed by atoms with Gasteiger partial charge >= 0.3 is 0 Å². The smallest absolute Gasteiger partial charge is 0.213 e. The fraction of sp³-hybridized carbons (Fsp3) is 0.667. The molecular weight excluding hydrogens is 194 g/mol. The molecule has 82 valence electrons. The molecule has 0 amide bonds. The van der Waals surface area contributed by atoms with Gasteiger partial charge in [-0.05, 0) is 0 Å². The first-order valence-electron chi connectivity index (χ1n) is 5.07. The van der Waals surface area contributed by atoms with Gasteiger partial charge in [-0.15, -0.1) is 0 Å². The van der Waals surface area contributed by atoms with Crippen LogP contribution in [0.4, 0.5) is 0 Å². The summed E-state index contributed by atoms with van der Waals surface area (Å²) < 4.78 is 1.52. The van der Waals surface area contributed by atoms with Crippen molar-refractivity contribution in [1.29, 1.82) is 0 Å². The van der Waals surface area contributed by atoms with Gasteiger partial charge in [0.25, 0.3) is 0 Å². The number of rotatable bonds is 3. The maximum absolute atomic E-state index is 11.8. The number of Topliss-reactive ketones (excluding diaryl/α,β-unsaturated/α-hetero) is 1. The van der Waals surface area contributed by atoms with Crippen LogP contribution in [0.5, 0.6) is 0 Å². The lowest BCUT2D eigenvalue weighted by atomic mass is 10.3. The summed E-state index contributed by atoms with van der Waals surface area (Å²) in [5.74, 6) is 0.477. The first kappa shape index (κ1) is 10.3. The number of nitrogens with zero attached hydrogens (tertiary/aromatic N) is 4. The molecule has 1 N–H and O–H groups in total. The van der Waals surface area contributed by atoms with E-state index in [4.69, 9.17) is 0 Å². The fourth-order valence-electron chi connectivity index (χ4n) is 1.69. The van der Waals surface area contributed by atoms with Crippen molar-refractivity contribution in [3.05, 3.63) is 12.2 Å². The Morgan fingerprint density at radius 1 is 1.53 bits per heavy atom.